The normalized spacial score (nSPS) is 34.7. The number of nitrogens with zero attached hydrogens (tertiary/aromatic N) is 2. The molecule has 4 aliphatic rings. The van der Waals surface area contributed by atoms with Crippen LogP contribution in [-0.2, 0) is 23.9 Å². The number of rotatable bonds is 5. The zero-order valence-corrected chi connectivity index (χ0v) is 20.5. The summed E-state index contributed by atoms with van der Waals surface area (Å²) in [4.78, 5) is 44.6. The first kappa shape index (κ1) is 24.0. The molecule has 2 saturated heterocycles. The summed E-state index contributed by atoms with van der Waals surface area (Å²) in [6, 6.07) is 5.25. The third-order valence-corrected chi connectivity index (χ3v) is 8.10. The Morgan fingerprint density at radius 3 is 2.49 bits per heavy atom. The Balaban J connectivity index is 1.69. The lowest BCUT2D eigenvalue weighted by atomic mass is 9.73. The van der Waals surface area contributed by atoms with E-state index in [-0.39, 0.29) is 31.6 Å². The number of halogens is 1. The molecule has 4 heterocycles. The average molecular weight is 501 g/mol. The van der Waals surface area contributed by atoms with Crippen molar-refractivity contribution in [1.29, 1.82) is 0 Å². The fourth-order valence-electron chi connectivity index (χ4n) is 6.20. The van der Waals surface area contributed by atoms with Crippen molar-refractivity contribution in [3.8, 4) is 0 Å². The molecule has 0 aromatic heterocycles. The second kappa shape index (κ2) is 8.76. The highest BCUT2D eigenvalue weighted by atomic mass is 35.5. The molecule has 5 rings (SSSR count). The van der Waals surface area contributed by atoms with Gasteiger partial charge in [-0.25, -0.2) is 0 Å². The lowest BCUT2D eigenvalue weighted by Gasteiger charge is -2.40. The van der Waals surface area contributed by atoms with Crippen LogP contribution >= 0.6 is 11.6 Å². The molecule has 0 aliphatic carbocycles. The van der Waals surface area contributed by atoms with Gasteiger partial charge < -0.3 is 24.4 Å². The van der Waals surface area contributed by atoms with Crippen molar-refractivity contribution in [2.45, 2.75) is 50.0 Å². The minimum Gasteiger partial charge on any atom is -0.461 e. The van der Waals surface area contributed by atoms with E-state index in [4.69, 9.17) is 21.1 Å². The van der Waals surface area contributed by atoms with Crippen molar-refractivity contribution in [3.05, 3.63) is 53.6 Å². The molecule has 8 nitrogen and oxygen atoms in total. The van der Waals surface area contributed by atoms with Gasteiger partial charge in [0.05, 0.1) is 18.6 Å². The van der Waals surface area contributed by atoms with Gasteiger partial charge in [-0.05, 0) is 43.2 Å². The van der Waals surface area contributed by atoms with E-state index >= 15 is 0 Å². The van der Waals surface area contributed by atoms with Crippen molar-refractivity contribution in [2.24, 2.45) is 11.8 Å². The number of aliphatic hydroxyl groups excluding tert-OH is 1. The van der Waals surface area contributed by atoms with Crippen molar-refractivity contribution in [3.63, 3.8) is 0 Å². The Morgan fingerprint density at radius 1 is 1.09 bits per heavy atom. The number of amides is 2. The highest BCUT2D eigenvalue weighted by molar-refractivity contribution is 6.30. The van der Waals surface area contributed by atoms with Crippen molar-refractivity contribution >= 4 is 35.1 Å². The number of hydrogen-bond acceptors (Lipinski definition) is 6. The first-order valence-electron chi connectivity index (χ1n) is 12.1. The largest absolute Gasteiger partial charge is 0.461 e. The minimum absolute atomic E-state index is 0.106. The standard InChI is InChI=1S/C26H29ClN2O6/c1-3-17(15-30)29-21-23(32)28(18-9-7-16(27)8-10-18)13-5-12-26(21)19(22(29)31)20-24(33)34-14-6-11-25(20,4-2)35-26/h5-12,17,19-21,30H,3-4,13-15H2,1-2H3/t17-,19-,20+,21?,25-,26-/m0/s1. The van der Waals surface area contributed by atoms with Crippen molar-refractivity contribution < 1.29 is 29.0 Å². The molecule has 2 fully saturated rings. The molecule has 1 N–H and O–H groups in total. The van der Waals surface area contributed by atoms with Crippen LogP contribution in [0.2, 0.25) is 5.02 Å². The fourth-order valence-corrected chi connectivity index (χ4v) is 6.32. The number of ether oxygens (including phenoxy) is 2. The quantitative estimate of drug-likeness (QED) is 0.493. The van der Waals surface area contributed by atoms with Crippen LogP contribution in [0.3, 0.4) is 0 Å². The van der Waals surface area contributed by atoms with E-state index < -0.39 is 41.1 Å². The average Bonchev–Trinajstić information content (AvgIpc) is 3.13. The van der Waals surface area contributed by atoms with E-state index in [1.54, 1.807) is 41.3 Å². The number of esters is 1. The van der Waals surface area contributed by atoms with Gasteiger partial charge in [-0.1, -0.05) is 43.7 Å². The third kappa shape index (κ3) is 3.37. The third-order valence-electron chi connectivity index (χ3n) is 7.85. The summed E-state index contributed by atoms with van der Waals surface area (Å²) in [5, 5.41) is 10.7. The summed E-state index contributed by atoms with van der Waals surface area (Å²) >= 11 is 6.06. The molecule has 1 spiro atoms. The van der Waals surface area contributed by atoms with Crippen LogP contribution in [0.5, 0.6) is 0 Å². The summed E-state index contributed by atoms with van der Waals surface area (Å²) in [6.07, 6.45) is 8.02. The van der Waals surface area contributed by atoms with Crippen LogP contribution in [0.25, 0.3) is 0 Å². The maximum absolute atomic E-state index is 14.3. The summed E-state index contributed by atoms with van der Waals surface area (Å²) in [5.74, 6) is -3.07. The van der Waals surface area contributed by atoms with E-state index in [9.17, 15) is 19.5 Å². The Hall–Kier alpha value is -2.68. The lowest BCUT2D eigenvalue weighted by Crippen LogP contribution is -2.59. The molecular formula is C26H29ClN2O6. The molecule has 0 bridgehead atoms. The number of hydrogen-bond donors (Lipinski definition) is 1. The number of benzene rings is 1. The summed E-state index contributed by atoms with van der Waals surface area (Å²) in [7, 11) is 0. The molecule has 0 radical (unpaired) electrons. The van der Waals surface area contributed by atoms with Crippen molar-refractivity contribution in [2.75, 3.05) is 24.7 Å². The molecule has 186 valence electrons. The molecule has 1 unspecified atom stereocenters. The summed E-state index contributed by atoms with van der Waals surface area (Å²) < 4.78 is 12.2. The molecule has 9 heteroatoms. The monoisotopic (exact) mass is 500 g/mol. The van der Waals surface area contributed by atoms with Gasteiger partial charge >= 0.3 is 5.97 Å². The van der Waals surface area contributed by atoms with Crippen LogP contribution < -0.4 is 4.90 Å². The van der Waals surface area contributed by atoms with Crippen LogP contribution in [0.1, 0.15) is 26.7 Å². The smallest absolute Gasteiger partial charge is 0.313 e. The Morgan fingerprint density at radius 2 is 1.83 bits per heavy atom. The number of anilines is 1. The van der Waals surface area contributed by atoms with Gasteiger partial charge in [0.2, 0.25) is 5.91 Å². The zero-order chi connectivity index (χ0) is 25.0. The van der Waals surface area contributed by atoms with Gasteiger partial charge in [0.25, 0.3) is 5.91 Å². The van der Waals surface area contributed by atoms with E-state index in [0.29, 0.717) is 23.6 Å². The molecule has 1 aromatic rings. The number of likely N-dealkylation sites (tertiary alicyclic amines) is 1. The minimum atomic E-state index is -1.38. The molecule has 6 atom stereocenters. The van der Waals surface area contributed by atoms with Crippen molar-refractivity contribution in [1.82, 2.24) is 4.90 Å². The highest BCUT2D eigenvalue weighted by Crippen LogP contribution is 2.58. The Labute approximate surface area is 209 Å². The molecule has 4 aliphatic heterocycles. The van der Waals surface area contributed by atoms with E-state index in [2.05, 4.69) is 0 Å². The van der Waals surface area contributed by atoms with Gasteiger partial charge in [-0.2, -0.15) is 0 Å². The maximum atomic E-state index is 14.3. The molecule has 35 heavy (non-hydrogen) atoms. The molecule has 0 saturated carbocycles. The lowest BCUT2D eigenvalue weighted by molar-refractivity contribution is -0.159. The molecule has 2 amide bonds. The number of carbonyl (C=O) groups is 3. The topological polar surface area (TPSA) is 96.4 Å². The van der Waals surface area contributed by atoms with E-state index in [1.165, 1.54) is 4.90 Å². The van der Waals surface area contributed by atoms with Gasteiger partial charge in [-0.15, -0.1) is 0 Å². The summed E-state index contributed by atoms with van der Waals surface area (Å²) in [6.45, 7) is 3.80. The first-order chi connectivity index (χ1) is 16.8. The number of carbonyl (C=O) groups excluding carboxylic acids is 3. The number of fused-ring (bicyclic) bond motifs is 2. The second-order valence-electron chi connectivity index (χ2n) is 9.47. The maximum Gasteiger partial charge on any atom is 0.313 e. The van der Waals surface area contributed by atoms with Crippen LogP contribution in [0, 0.1) is 11.8 Å². The zero-order valence-electron chi connectivity index (χ0n) is 19.7. The van der Waals surface area contributed by atoms with E-state index in [1.807, 2.05) is 26.0 Å². The number of cyclic esters (lactones) is 1. The number of aliphatic hydroxyl groups is 1. The van der Waals surface area contributed by atoms with Gasteiger partial charge in [0.15, 0.2) is 0 Å². The predicted molar refractivity (Wildman–Crippen MR) is 129 cm³/mol. The van der Waals surface area contributed by atoms with Crippen LogP contribution in [0.15, 0.2) is 48.6 Å². The first-order valence-corrected chi connectivity index (χ1v) is 12.4. The van der Waals surface area contributed by atoms with Gasteiger partial charge in [-0.3, -0.25) is 14.4 Å². The SMILES string of the molecule is CC[C@@H](CO)N1C(=O)[C@@H]2[C@@H]3C(=O)OCC=C[C@]3(CC)O[C@@]23C=CCN(c2ccc(Cl)cc2)C(=O)C13. The van der Waals surface area contributed by atoms with Gasteiger partial charge in [0, 0.05) is 17.3 Å². The highest BCUT2D eigenvalue weighted by Gasteiger charge is 2.76. The van der Waals surface area contributed by atoms with E-state index in [0.717, 1.165) is 0 Å². The molecular weight excluding hydrogens is 472 g/mol. The Kier molecular flexibility index (Phi) is 6.02. The summed E-state index contributed by atoms with van der Waals surface area (Å²) in [5.41, 5.74) is -1.82. The Bertz CT molecular complexity index is 1100. The fraction of sp³-hybridized carbons (Fsp3) is 0.500. The van der Waals surface area contributed by atoms with Gasteiger partial charge in [0.1, 0.15) is 29.8 Å². The predicted octanol–water partition coefficient (Wildman–Crippen LogP) is 2.49. The second-order valence-corrected chi connectivity index (χ2v) is 9.91. The molecule has 1 aromatic carbocycles. The van der Waals surface area contributed by atoms with Crippen LogP contribution in [0.4, 0.5) is 5.69 Å². The van der Waals surface area contributed by atoms with Crippen LogP contribution in [-0.4, -0.2) is 70.8 Å².